The van der Waals surface area contributed by atoms with Crippen LogP contribution in [0.3, 0.4) is 0 Å². The summed E-state index contributed by atoms with van der Waals surface area (Å²) in [5.41, 5.74) is 3.44. The summed E-state index contributed by atoms with van der Waals surface area (Å²) in [7, 11) is 0. The highest BCUT2D eigenvalue weighted by atomic mass is 16.5. The Hall–Kier alpha value is -1.84. The number of benzene rings is 1. The molecular weight excluding hydrogens is 302 g/mol. The third-order valence-corrected chi connectivity index (χ3v) is 4.74. The van der Waals surface area contributed by atoms with Crippen LogP contribution in [0.15, 0.2) is 12.1 Å². The summed E-state index contributed by atoms with van der Waals surface area (Å²) < 4.78 is 5.42. The molecule has 132 valence electrons. The number of esters is 1. The van der Waals surface area contributed by atoms with Crippen LogP contribution in [-0.4, -0.2) is 24.0 Å². The molecule has 1 unspecified atom stereocenters. The summed E-state index contributed by atoms with van der Waals surface area (Å²) in [6.07, 6.45) is 6.04. The first-order valence-electron chi connectivity index (χ1n) is 8.97. The van der Waals surface area contributed by atoms with E-state index in [0.29, 0.717) is 5.56 Å². The minimum absolute atomic E-state index is 0.197. The molecule has 1 atom stereocenters. The van der Waals surface area contributed by atoms with Crippen LogP contribution in [0, 0.1) is 20.8 Å². The van der Waals surface area contributed by atoms with Gasteiger partial charge in [-0.05, 0) is 51.7 Å². The monoisotopic (exact) mass is 331 g/mol. The number of aryl methyl sites for hydroxylation is 3. The molecule has 1 aromatic carbocycles. The van der Waals surface area contributed by atoms with Gasteiger partial charge in [-0.3, -0.25) is 4.79 Å². The van der Waals surface area contributed by atoms with Gasteiger partial charge in [0.2, 0.25) is 0 Å². The molecule has 0 aromatic heterocycles. The maximum atomic E-state index is 12.5. The zero-order valence-electron chi connectivity index (χ0n) is 15.3. The van der Waals surface area contributed by atoms with Crippen LogP contribution in [-0.2, 0) is 9.53 Å². The van der Waals surface area contributed by atoms with Gasteiger partial charge in [0, 0.05) is 6.04 Å². The molecule has 0 spiro atoms. The highest BCUT2D eigenvalue weighted by Crippen LogP contribution is 2.19. The summed E-state index contributed by atoms with van der Waals surface area (Å²) in [4.78, 5) is 24.8. The van der Waals surface area contributed by atoms with Crippen molar-refractivity contribution >= 4 is 11.9 Å². The molecule has 0 heterocycles. The lowest BCUT2D eigenvalue weighted by Crippen LogP contribution is -2.42. The molecule has 1 aromatic rings. The van der Waals surface area contributed by atoms with Crippen LogP contribution >= 0.6 is 0 Å². The third kappa shape index (κ3) is 4.83. The van der Waals surface area contributed by atoms with Crippen molar-refractivity contribution in [2.45, 2.75) is 78.4 Å². The van der Waals surface area contributed by atoms with Crippen molar-refractivity contribution < 1.29 is 14.3 Å². The number of ether oxygens (including phenoxy) is 1. The number of carbonyl (C=O) groups excluding carboxylic acids is 2. The van der Waals surface area contributed by atoms with Crippen molar-refractivity contribution in [1.29, 1.82) is 0 Å². The third-order valence-electron chi connectivity index (χ3n) is 4.74. The summed E-state index contributed by atoms with van der Waals surface area (Å²) in [5, 5.41) is 3.04. The van der Waals surface area contributed by atoms with Crippen LogP contribution in [0.4, 0.5) is 0 Å². The summed E-state index contributed by atoms with van der Waals surface area (Å²) >= 11 is 0. The highest BCUT2D eigenvalue weighted by Gasteiger charge is 2.23. The molecule has 4 heteroatoms. The number of hydrogen-bond donors (Lipinski definition) is 1. The molecule has 0 aliphatic heterocycles. The van der Waals surface area contributed by atoms with E-state index in [1.807, 2.05) is 32.9 Å². The van der Waals surface area contributed by atoms with Gasteiger partial charge in [0.15, 0.2) is 6.10 Å². The van der Waals surface area contributed by atoms with Crippen molar-refractivity contribution in [3.05, 3.63) is 34.4 Å². The molecule has 1 fully saturated rings. The van der Waals surface area contributed by atoms with Gasteiger partial charge in [-0.2, -0.15) is 0 Å². The minimum Gasteiger partial charge on any atom is -0.449 e. The Morgan fingerprint density at radius 1 is 1.04 bits per heavy atom. The lowest BCUT2D eigenvalue weighted by molar-refractivity contribution is -0.129. The molecule has 4 nitrogen and oxygen atoms in total. The molecule has 0 bridgehead atoms. The number of rotatable bonds is 4. The number of hydrogen-bond acceptors (Lipinski definition) is 3. The van der Waals surface area contributed by atoms with Gasteiger partial charge in [0.1, 0.15) is 0 Å². The van der Waals surface area contributed by atoms with Gasteiger partial charge in [0.25, 0.3) is 5.91 Å². The Kier molecular flexibility index (Phi) is 6.41. The highest BCUT2D eigenvalue weighted by molar-refractivity contribution is 5.94. The molecule has 2 rings (SSSR count). The molecule has 0 radical (unpaired) electrons. The molecular formula is C20H29NO3. The second-order valence-electron chi connectivity index (χ2n) is 7.02. The Morgan fingerprint density at radius 2 is 1.58 bits per heavy atom. The molecule has 1 aliphatic carbocycles. The average Bonchev–Trinajstić information content (AvgIpc) is 2.74. The minimum atomic E-state index is -0.777. The van der Waals surface area contributed by atoms with Gasteiger partial charge < -0.3 is 10.1 Å². The predicted molar refractivity (Wildman–Crippen MR) is 95.2 cm³/mol. The van der Waals surface area contributed by atoms with E-state index >= 15 is 0 Å². The van der Waals surface area contributed by atoms with E-state index in [1.54, 1.807) is 6.92 Å². The number of carbonyl (C=O) groups is 2. The largest absolute Gasteiger partial charge is 0.449 e. The van der Waals surface area contributed by atoms with Gasteiger partial charge in [-0.25, -0.2) is 4.79 Å². The zero-order valence-corrected chi connectivity index (χ0v) is 15.3. The molecule has 0 saturated heterocycles. The Bertz CT molecular complexity index is 578. The van der Waals surface area contributed by atoms with E-state index < -0.39 is 12.1 Å². The van der Waals surface area contributed by atoms with Crippen molar-refractivity contribution in [1.82, 2.24) is 5.32 Å². The first kappa shape index (κ1) is 18.5. The van der Waals surface area contributed by atoms with E-state index in [2.05, 4.69) is 5.32 Å². The second kappa shape index (κ2) is 8.32. The Morgan fingerprint density at radius 3 is 2.12 bits per heavy atom. The summed E-state index contributed by atoms with van der Waals surface area (Å²) in [6.45, 7) is 7.43. The van der Waals surface area contributed by atoms with Crippen LogP contribution in [0.2, 0.25) is 0 Å². The van der Waals surface area contributed by atoms with E-state index in [0.717, 1.165) is 42.4 Å². The molecule has 1 saturated carbocycles. The maximum absolute atomic E-state index is 12.5. The van der Waals surface area contributed by atoms with E-state index in [-0.39, 0.29) is 11.9 Å². The topological polar surface area (TPSA) is 55.4 Å². The standard InChI is InChI=1S/C20H29NO3/c1-13-11-14(2)18(15(3)12-13)20(23)24-16(4)19(22)21-17-9-7-5-6-8-10-17/h11-12,16-17H,5-10H2,1-4H3,(H,21,22). The first-order chi connectivity index (χ1) is 11.4. The lowest BCUT2D eigenvalue weighted by atomic mass is 10.00. The summed E-state index contributed by atoms with van der Waals surface area (Å²) in [6, 6.07) is 4.13. The van der Waals surface area contributed by atoms with Crippen molar-refractivity contribution in [2.24, 2.45) is 0 Å². The van der Waals surface area contributed by atoms with Crippen LogP contribution in [0.25, 0.3) is 0 Å². The van der Waals surface area contributed by atoms with Gasteiger partial charge in [-0.1, -0.05) is 43.4 Å². The molecule has 24 heavy (non-hydrogen) atoms. The Balaban J connectivity index is 1.97. The van der Waals surface area contributed by atoms with Crippen molar-refractivity contribution in [2.75, 3.05) is 0 Å². The lowest BCUT2D eigenvalue weighted by Gasteiger charge is -2.20. The number of nitrogens with one attached hydrogen (secondary N) is 1. The fourth-order valence-electron chi connectivity index (χ4n) is 3.52. The Labute approximate surface area is 145 Å². The van der Waals surface area contributed by atoms with Crippen LogP contribution < -0.4 is 5.32 Å². The van der Waals surface area contributed by atoms with Gasteiger partial charge in [0.05, 0.1) is 5.56 Å². The molecule has 1 aliphatic rings. The predicted octanol–water partition coefficient (Wildman–Crippen LogP) is 4.00. The fraction of sp³-hybridized carbons (Fsp3) is 0.600. The van der Waals surface area contributed by atoms with Crippen molar-refractivity contribution in [3.8, 4) is 0 Å². The smallest absolute Gasteiger partial charge is 0.339 e. The SMILES string of the molecule is Cc1cc(C)c(C(=O)OC(C)C(=O)NC2CCCCCC2)c(C)c1. The van der Waals surface area contributed by atoms with Crippen LogP contribution in [0.1, 0.15) is 72.5 Å². The maximum Gasteiger partial charge on any atom is 0.339 e. The quantitative estimate of drug-likeness (QED) is 0.670. The molecule has 1 N–H and O–H groups in total. The number of amides is 1. The van der Waals surface area contributed by atoms with E-state index in [1.165, 1.54) is 12.8 Å². The van der Waals surface area contributed by atoms with Gasteiger partial charge >= 0.3 is 5.97 Å². The van der Waals surface area contributed by atoms with E-state index in [4.69, 9.17) is 4.74 Å². The normalized spacial score (nSPS) is 17.0. The molecule has 1 amide bonds. The van der Waals surface area contributed by atoms with Crippen LogP contribution in [0.5, 0.6) is 0 Å². The summed E-state index contributed by atoms with van der Waals surface area (Å²) in [5.74, 6) is -0.619. The fourth-order valence-corrected chi connectivity index (χ4v) is 3.52. The second-order valence-corrected chi connectivity index (χ2v) is 7.02. The van der Waals surface area contributed by atoms with Crippen molar-refractivity contribution in [3.63, 3.8) is 0 Å². The zero-order chi connectivity index (χ0) is 17.7. The van der Waals surface area contributed by atoms with Gasteiger partial charge in [-0.15, -0.1) is 0 Å². The van der Waals surface area contributed by atoms with E-state index in [9.17, 15) is 9.59 Å². The first-order valence-corrected chi connectivity index (χ1v) is 8.97. The average molecular weight is 331 g/mol.